The largest absolute Gasteiger partial charge is 0.497 e. The van der Waals surface area contributed by atoms with E-state index in [-0.39, 0.29) is 6.10 Å². The van der Waals surface area contributed by atoms with Crippen molar-refractivity contribution in [3.63, 3.8) is 0 Å². The van der Waals surface area contributed by atoms with Crippen molar-refractivity contribution in [2.75, 3.05) is 14.2 Å². The van der Waals surface area contributed by atoms with Crippen LogP contribution >= 0.6 is 0 Å². The van der Waals surface area contributed by atoms with E-state index in [1.165, 1.54) is 0 Å². The van der Waals surface area contributed by atoms with Gasteiger partial charge in [0.05, 0.1) is 19.7 Å². The van der Waals surface area contributed by atoms with Crippen molar-refractivity contribution in [3.8, 4) is 11.5 Å². The Morgan fingerprint density at radius 3 is 2.67 bits per heavy atom. The molecule has 0 aliphatic rings. The first-order valence-electron chi connectivity index (χ1n) is 5.53. The van der Waals surface area contributed by atoms with Crippen LogP contribution in [-0.4, -0.2) is 25.7 Å². The first-order valence-corrected chi connectivity index (χ1v) is 5.53. The zero-order valence-corrected chi connectivity index (χ0v) is 10.5. The lowest BCUT2D eigenvalue weighted by atomic mass is 10.1. The molecule has 96 valence electrons. The van der Waals surface area contributed by atoms with E-state index in [9.17, 15) is 4.79 Å². The zero-order chi connectivity index (χ0) is 13.1. The number of hydrogen-bond acceptors (Lipinski definition) is 4. The minimum atomic E-state index is -0.326. The molecular formula is C13H15NO4. The van der Waals surface area contributed by atoms with Crippen LogP contribution in [0.5, 0.6) is 11.5 Å². The third-order valence-electron chi connectivity index (χ3n) is 2.91. The predicted octanol–water partition coefficient (Wildman–Crippen LogP) is 2.42. The molecule has 5 heteroatoms. The monoisotopic (exact) mass is 249 g/mol. The van der Waals surface area contributed by atoms with E-state index in [1.807, 2.05) is 13.0 Å². The summed E-state index contributed by atoms with van der Waals surface area (Å²) in [4.78, 5) is 13.5. The second kappa shape index (κ2) is 5.00. The Balaban J connectivity index is 2.59. The van der Waals surface area contributed by atoms with E-state index in [2.05, 4.69) is 4.98 Å². The Kier molecular flexibility index (Phi) is 3.41. The fourth-order valence-corrected chi connectivity index (χ4v) is 1.97. The summed E-state index contributed by atoms with van der Waals surface area (Å²) in [6.45, 7) is 2.25. The Morgan fingerprint density at radius 2 is 2.06 bits per heavy atom. The molecule has 1 N–H and O–H groups in total. The molecule has 0 saturated heterocycles. The number of nitrogens with one attached hydrogen (secondary N) is 1. The van der Waals surface area contributed by atoms with Crippen LogP contribution in [0.2, 0.25) is 0 Å². The number of aromatic nitrogens is 1. The molecule has 2 rings (SSSR count). The van der Waals surface area contributed by atoms with E-state index < -0.39 is 0 Å². The molecule has 0 amide bonds. The van der Waals surface area contributed by atoms with Crippen molar-refractivity contribution >= 4 is 17.4 Å². The molecule has 0 bridgehead atoms. The smallest absolute Gasteiger partial charge is 0.293 e. The molecule has 1 aromatic carbocycles. The van der Waals surface area contributed by atoms with Crippen LogP contribution in [0.1, 0.15) is 18.6 Å². The summed E-state index contributed by atoms with van der Waals surface area (Å²) in [7, 11) is 3.19. The normalized spacial score (nSPS) is 12.2. The number of hydrogen-bond donors (Lipinski definition) is 1. The lowest BCUT2D eigenvalue weighted by Gasteiger charge is -2.10. The summed E-state index contributed by atoms with van der Waals surface area (Å²) >= 11 is 0. The van der Waals surface area contributed by atoms with Gasteiger partial charge in [0.2, 0.25) is 0 Å². The lowest BCUT2D eigenvalue weighted by Crippen LogP contribution is -1.97. The summed E-state index contributed by atoms with van der Waals surface area (Å²) in [5.74, 6) is 1.38. The van der Waals surface area contributed by atoms with Gasteiger partial charge in [0.15, 0.2) is 0 Å². The average Bonchev–Trinajstić information content (AvgIpc) is 2.81. The fraction of sp³-hybridized carbons (Fsp3) is 0.308. The van der Waals surface area contributed by atoms with E-state index in [4.69, 9.17) is 14.2 Å². The Hall–Kier alpha value is -2.17. The summed E-state index contributed by atoms with van der Waals surface area (Å²) in [6.07, 6.45) is 1.48. The molecule has 0 aliphatic carbocycles. The third-order valence-corrected chi connectivity index (χ3v) is 2.91. The SMILES string of the molecule is COc1cc(OC)c2[nH]cc(C(C)OC=O)c2c1. The maximum atomic E-state index is 10.4. The standard InChI is InChI=1S/C13H15NO4/c1-8(18-7-15)11-6-14-13-10(11)4-9(16-2)5-12(13)17-3/h4-8,14H,1-3H3. The summed E-state index contributed by atoms with van der Waals surface area (Å²) < 4.78 is 15.5. The van der Waals surface area contributed by atoms with E-state index in [0.29, 0.717) is 18.0 Å². The first-order chi connectivity index (χ1) is 8.71. The minimum absolute atomic E-state index is 0.326. The number of aromatic amines is 1. The molecule has 1 atom stereocenters. The van der Waals surface area contributed by atoms with E-state index in [0.717, 1.165) is 16.5 Å². The molecule has 0 aliphatic heterocycles. The van der Waals surface area contributed by atoms with Crippen LogP contribution in [-0.2, 0) is 9.53 Å². The maximum Gasteiger partial charge on any atom is 0.293 e. The van der Waals surface area contributed by atoms with Crippen molar-refractivity contribution in [1.82, 2.24) is 4.98 Å². The first kappa shape index (κ1) is 12.3. The van der Waals surface area contributed by atoms with Gasteiger partial charge in [-0.2, -0.15) is 0 Å². The summed E-state index contributed by atoms with van der Waals surface area (Å²) in [5.41, 5.74) is 1.74. The van der Waals surface area contributed by atoms with E-state index >= 15 is 0 Å². The quantitative estimate of drug-likeness (QED) is 0.827. The minimum Gasteiger partial charge on any atom is -0.497 e. The van der Waals surface area contributed by atoms with Crippen molar-refractivity contribution in [2.45, 2.75) is 13.0 Å². The van der Waals surface area contributed by atoms with Crippen LogP contribution in [0.25, 0.3) is 10.9 Å². The van der Waals surface area contributed by atoms with Gasteiger partial charge >= 0.3 is 0 Å². The molecule has 2 aromatic rings. The topological polar surface area (TPSA) is 60.6 Å². The van der Waals surface area contributed by atoms with Crippen molar-refractivity contribution in [2.24, 2.45) is 0 Å². The highest BCUT2D eigenvalue weighted by Gasteiger charge is 2.15. The second-order valence-electron chi connectivity index (χ2n) is 3.87. The van der Waals surface area contributed by atoms with Crippen molar-refractivity contribution < 1.29 is 19.0 Å². The molecule has 5 nitrogen and oxygen atoms in total. The highest BCUT2D eigenvalue weighted by atomic mass is 16.5. The van der Waals surface area contributed by atoms with Gasteiger partial charge in [0.25, 0.3) is 6.47 Å². The fourth-order valence-electron chi connectivity index (χ4n) is 1.97. The van der Waals surface area contributed by atoms with Crippen LogP contribution in [0.4, 0.5) is 0 Å². The van der Waals surface area contributed by atoms with Gasteiger partial charge in [-0.15, -0.1) is 0 Å². The number of fused-ring (bicyclic) bond motifs is 1. The predicted molar refractivity (Wildman–Crippen MR) is 67.0 cm³/mol. The zero-order valence-electron chi connectivity index (χ0n) is 10.5. The highest BCUT2D eigenvalue weighted by molar-refractivity contribution is 5.90. The van der Waals surface area contributed by atoms with Gasteiger partial charge in [-0.1, -0.05) is 0 Å². The number of rotatable bonds is 5. The highest BCUT2D eigenvalue weighted by Crippen LogP contribution is 2.35. The maximum absolute atomic E-state index is 10.4. The van der Waals surface area contributed by atoms with Crippen molar-refractivity contribution in [3.05, 3.63) is 23.9 Å². The second-order valence-corrected chi connectivity index (χ2v) is 3.87. The Labute approximate surface area is 105 Å². The molecule has 0 saturated carbocycles. The van der Waals surface area contributed by atoms with Gasteiger partial charge in [-0.25, -0.2) is 0 Å². The Bertz CT molecular complexity index is 561. The Morgan fingerprint density at radius 1 is 1.28 bits per heavy atom. The molecule has 0 fully saturated rings. The molecule has 1 heterocycles. The number of carbonyl (C=O) groups is 1. The van der Waals surface area contributed by atoms with Gasteiger partial charge < -0.3 is 19.2 Å². The molecule has 18 heavy (non-hydrogen) atoms. The summed E-state index contributed by atoms with van der Waals surface area (Å²) in [5, 5.41) is 0.917. The van der Waals surface area contributed by atoms with Gasteiger partial charge in [-0.05, 0) is 13.0 Å². The van der Waals surface area contributed by atoms with Crippen LogP contribution in [0.15, 0.2) is 18.3 Å². The van der Waals surface area contributed by atoms with Gasteiger partial charge in [0.1, 0.15) is 17.6 Å². The molecular weight excluding hydrogens is 234 g/mol. The van der Waals surface area contributed by atoms with Gasteiger partial charge in [-0.3, -0.25) is 4.79 Å². The third kappa shape index (κ3) is 1.99. The number of H-pyrrole nitrogens is 1. The molecule has 0 radical (unpaired) electrons. The van der Waals surface area contributed by atoms with Crippen LogP contribution < -0.4 is 9.47 Å². The van der Waals surface area contributed by atoms with Crippen LogP contribution in [0.3, 0.4) is 0 Å². The van der Waals surface area contributed by atoms with E-state index in [1.54, 1.807) is 26.5 Å². The lowest BCUT2D eigenvalue weighted by molar-refractivity contribution is -0.133. The molecule has 0 spiro atoms. The van der Waals surface area contributed by atoms with Gasteiger partial charge in [0, 0.05) is 23.2 Å². The number of benzene rings is 1. The van der Waals surface area contributed by atoms with Crippen molar-refractivity contribution in [1.29, 1.82) is 0 Å². The molecule has 1 unspecified atom stereocenters. The number of methoxy groups -OCH3 is 2. The average molecular weight is 249 g/mol. The summed E-state index contributed by atoms with van der Waals surface area (Å²) in [6, 6.07) is 3.68. The number of carbonyl (C=O) groups excluding carboxylic acids is 1. The van der Waals surface area contributed by atoms with Crippen LogP contribution in [0, 0.1) is 0 Å². The number of ether oxygens (including phenoxy) is 3. The molecule has 1 aromatic heterocycles.